The molecule has 1 aromatic carbocycles. The van der Waals surface area contributed by atoms with Gasteiger partial charge in [-0.05, 0) is 53.3 Å². The van der Waals surface area contributed by atoms with Crippen LogP contribution in [0.1, 0.15) is 11.5 Å². The van der Waals surface area contributed by atoms with E-state index in [1.54, 1.807) is 7.11 Å². The monoisotopic (exact) mass is 293 g/mol. The number of benzene rings is 1. The highest BCUT2D eigenvalue weighted by Gasteiger charge is 2.09. The second kappa shape index (κ2) is 4.79. The summed E-state index contributed by atoms with van der Waals surface area (Å²) in [7, 11) is 1.60. The van der Waals surface area contributed by atoms with Gasteiger partial charge in [-0.15, -0.1) is 0 Å². The van der Waals surface area contributed by atoms with Gasteiger partial charge in [0.1, 0.15) is 5.75 Å². The van der Waals surface area contributed by atoms with E-state index in [0.29, 0.717) is 0 Å². The molecular formula is C10H11FIO. The van der Waals surface area contributed by atoms with Gasteiger partial charge in [0.15, 0.2) is 0 Å². The average Bonchev–Trinajstić information content (AvgIpc) is 2.17. The van der Waals surface area contributed by atoms with Crippen molar-refractivity contribution in [1.29, 1.82) is 0 Å². The summed E-state index contributed by atoms with van der Waals surface area (Å²) in [5.74, 6) is 0.444. The van der Waals surface area contributed by atoms with Gasteiger partial charge in [-0.3, -0.25) is 4.39 Å². The Labute approximate surface area is 91.4 Å². The first-order chi connectivity index (χ1) is 6.19. The maximum Gasteiger partial charge on any atom is 0.119 e. The Hall–Kier alpha value is -0.320. The third-order valence-electron chi connectivity index (χ3n) is 1.83. The summed E-state index contributed by atoms with van der Waals surface area (Å²) in [4.78, 5) is 0. The van der Waals surface area contributed by atoms with Gasteiger partial charge in [-0.25, -0.2) is 0 Å². The molecule has 1 nitrogen and oxygen atoms in total. The fraction of sp³-hybridized carbons (Fsp3) is 0.300. The van der Waals surface area contributed by atoms with E-state index in [1.807, 2.05) is 18.2 Å². The van der Waals surface area contributed by atoms with E-state index in [4.69, 9.17) is 4.74 Å². The molecule has 1 unspecified atom stereocenters. The van der Waals surface area contributed by atoms with Crippen LogP contribution in [0.5, 0.6) is 5.75 Å². The van der Waals surface area contributed by atoms with Crippen molar-refractivity contribution in [3.05, 3.63) is 34.3 Å². The van der Waals surface area contributed by atoms with Crippen molar-refractivity contribution in [3.63, 3.8) is 0 Å². The zero-order valence-electron chi connectivity index (χ0n) is 7.39. The molecule has 0 aliphatic heterocycles. The van der Waals surface area contributed by atoms with Crippen LogP contribution in [0.3, 0.4) is 0 Å². The lowest BCUT2D eigenvalue weighted by molar-refractivity contribution is 0.412. The maximum atomic E-state index is 12.4. The average molecular weight is 293 g/mol. The molecule has 0 saturated carbocycles. The first-order valence-electron chi connectivity index (χ1n) is 3.91. The molecule has 0 bridgehead atoms. The van der Waals surface area contributed by atoms with Crippen molar-refractivity contribution < 1.29 is 9.13 Å². The van der Waals surface area contributed by atoms with Crippen LogP contribution in [0, 0.1) is 10.5 Å². The number of methoxy groups -OCH3 is 1. The minimum atomic E-state index is -0.441. The Morgan fingerprint density at radius 1 is 1.62 bits per heavy atom. The van der Waals surface area contributed by atoms with Gasteiger partial charge in [-0.1, -0.05) is 0 Å². The smallest absolute Gasteiger partial charge is 0.119 e. The van der Waals surface area contributed by atoms with Crippen LogP contribution in [0.4, 0.5) is 4.39 Å². The van der Waals surface area contributed by atoms with Crippen molar-refractivity contribution in [2.75, 3.05) is 13.8 Å². The molecule has 0 aromatic heterocycles. The molecule has 0 fully saturated rings. The minimum Gasteiger partial charge on any atom is -0.497 e. The highest BCUT2D eigenvalue weighted by Crippen LogP contribution is 2.26. The molecule has 0 N–H and O–H groups in total. The van der Waals surface area contributed by atoms with Crippen molar-refractivity contribution in [1.82, 2.24) is 0 Å². The minimum absolute atomic E-state index is 0.304. The van der Waals surface area contributed by atoms with E-state index in [1.165, 1.54) is 0 Å². The molecule has 0 aliphatic rings. The predicted molar refractivity (Wildman–Crippen MR) is 59.8 cm³/mol. The van der Waals surface area contributed by atoms with Crippen LogP contribution in [0.2, 0.25) is 0 Å². The van der Waals surface area contributed by atoms with E-state index in [0.717, 1.165) is 14.9 Å². The lowest BCUT2D eigenvalue weighted by Crippen LogP contribution is -1.99. The van der Waals surface area contributed by atoms with Crippen molar-refractivity contribution in [2.45, 2.75) is 5.92 Å². The van der Waals surface area contributed by atoms with Crippen LogP contribution in [0.25, 0.3) is 0 Å². The Bertz CT molecular complexity index is 288. The Morgan fingerprint density at radius 3 is 2.85 bits per heavy atom. The molecule has 0 aliphatic carbocycles. The molecule has 1 atom stereocenters. The summed E-state index contributed by atoms with van der Waals surface area (Å²) in [6.45, 7) is 3.29. The quantitative estimate of drug-likeness (QED) is 0.778. The molecule has 0 heterocycles. The van der Waals surface area contributed by atoms with Gasteiger partial charge in [-0.2, -0.15) is 0 Å². The van der Waals surface area contributed by atoms with E-state index >= 15 is 0 Å². The molecule has 71 valence electrons. The van der Waals surface area contributed by atoms with Crippen LogP contribution >= 0.6 is 22.6 Å². The Kier molecular flexibility index (Phi) is 3.96. The number of hydrogen-bond acceptors (Lipinski definition) is 1. The maximum absolute atomic E-state index is 12.4. The standard InChI is InChI=1S/C10H11FIO/c1-7(6-11)9-5-8(13-2)3-4-10(9)12/h3-5,7H,1,6H2,2H3. The van der Waals surface area contributed by atoms with Crippen molar-refractivity contribution in [3.8, 4) is 5.75 Å². The zero-order valence-corrected chi connectivity index (χ0v) is 9.55. The number of hydrogen-bond donors (Lipinski definition) is 0. The van der Waals surface area contributed by atoms with E-state index in [9.17, 15) is 4.39 Å². The van der Waals surface area contributed by atoms with Crippen LogP contribution in [0.15, 0.2) is 18.2 Å². The summed E-state index contributed by atoms with van der Waals surface area (Å²) in [5, 5.41) is 0. The Morgan fingerprint density at radius 2 is 2.31 bits per heavy atom. The SMILES string of the molecule is [CH2]C(CF)c1cc(OC)ccc1I. The first kappa shape index (κ1) is 10.8. The van der Waals surface area contributed by atoms with Crippen molar-refractivity contribution in [2.24, 2.45) is 0 Å². The largest absolute Gasteiger partial charge is 0.497 e. The van der Waals surface area contributed by atoms with Gasteiger partial charge < -0.3 is 4.74 Å². The highest BCUT2D eigenvalue weighted by molar-refractivity contribution is 14.1. The highest BCUT2D eigenvalue weighted by atomic mass is 127. The van der Waals surface area contributed by atoms with E-state index < -0.39 is 6.67 Å². The summed E-state index contributed by atoms with van der Waals surface area (Å²) in [6.07, 6.45) is 0. The third-order valence-corrected chi connectivity index (χ3v) is 2.81. The predicted octanol–water partition coefficient (Wildman–Crippen LogP) is 3.19. The summed E-state index contributed by atoms with van der Waals surface area (Å²) >= 11 is 2.17. The second-order valence-corrected chi connectivity index (χ2v) is 3.90. The number of ether oxygens (including phenoxy) is 1. The first-order valence-corrected chi connectivity index (χ1v) is 4.99. The van der Waals surface area contributed by atoms with Gasteiger partial charge >= 0.3 is 0 Å². The molecule has 1 aromatic rings. The van der Waals surface area contributed by atoms with Gasteiger partial charge in [0.25, 0.3) is 0 Å². The van der Waals surface area contributed by atoms with Crippen LogP contribution < -0.4 is 4.74 Å². The molecular weight excluding hydrogens is 282 g/mol. The van der Waals surface area contributed by atoms with Gasteiger partial charge in [0.05, 0.1) is 13.8 Å². The topological polar surface area (TPSA) is 9.23 Å². The fourth-order valence-corrected chi connectivity index (χ4v) is 1.82. The molecule has 1 radical (unpaired) electrons. The van der Waals surface area contributed by atoms with Gasteiger partial charge in [0.2, 0.25) is 0 Å². The summed E-state index contributed by atoms with van der Waals surface area (Å²) in [6, 6.07) is 5.60. The molecule has 0 spiro atoms. The number of rotatable bonds is 3. The molecule has 0 saturated heterocycles. The molecule has 13 heavy (non-hydrogen) atoms. The van der Waals surface area contributed by atoms with Crippen LogP contribution in [-0.4, -0.2) is 13.8 Å². The molecule has 3 heteroatoms. The fourth-order valence-electron chi connectivity index (χ4n) is 1.04. The third kappa shape index (κ3) is 2.56. The van der Waals surface area contributed by atoms with Gasteiger partial charge in [0, 0.05) is 9.49 Å². The number of halogens is 2. The summed E-state index contributed by atoms with van der Waals surface area (Å²) in [5.41, 5.74) is 0.905. The van der Waals surface area contributed by atoms with Crippen molar-refractivity contribution >= 4 is 22.6 Å². The van der Waals surface area contributed by atoms with E-state index in [-0.39, 0.29) is 5.92 Å². The molecule has 1 rings (SSSR count). The van der Waals surface area contributed by atoms with Crippen LogP contribution in [-0.2, 0) is 0 Å². The Balaban J connectivity index is 3.03. The lowest BCUT2D eigenvalue weighted by Gasteiger charge is -2.11. The second-order valence-electron chi connectivity index (χ2n) is 2.74. The lowest BCUT2D eigenvalue weighted by atomic mass is 10.0. The summed E-state index contributed by atoms with van der Waals surface area (Å²) < 4.78 is 18.5. The number of alkyl halides is 1. The normalized spacial score (nSPS) is 12.6. The van der Waals surface area contributed by atoms with E-state index in [2.05, 4.69) is 29.5 Å². The molecule has 0 amide bonds. The zero-order chi connectivity index (χ0) is 9.84.